The van der Waals surface area contributed by atoms with Crippen molar-refractivity contribution in [3.05, 3.63) is 89.5 Å². The summed E-state index contributed by atoms with van der Waals surface area (Å²) in [5.41, 5.74) is 1.51. The van der Waals surface area contributed by atoms with Crippen LogP contribution < -0.4 is 19.1 Å². The van der Waals surface area contributed by atoms with Crippen LogP contribution in [-0.2, 0) is 9.59 Å². The van der Waals surface area contributed by atoms with Crippen LogP contribution in [0.25, 0.3) is 5.76 Å². The predicted molar refractivity (Wildman–Crippen MR) is 133 cm³/mol. The van der Waals surface area contributed by atoms with Crippen LogP contribution in [0.15, 0.2) is 78.4 Å². The summed E-state index contributed by atoms with van der Waals surface area (Å²) >= 11 is 0. The fourth-order valence-electron chi connectivity index (χ4n) is 4.15. The quantitative estimate of drug-likeness (QED) is 0.278. The highest BCUT2D eigenvalue weighted by Crippen LogP contribution is 2.43. The Morgan fingerprint density at radius 2 is 1.49 bits per heavy atom. The minimum Gasteiger partial charge on any atom is -0.507 e. The number of benzene rings is 3. The van der Waals surface area contributed by atoms with Crippen molar-refractivity contribution in [2.75, 3.05) is 25.2 Å². The molecule has 3 aromatic carbocycles. The van der Waals surface area contributed by atoms with Crippen LogP contribution in [0.1, 0.15) is 31.0 Å². The molecule has 1 N–H and O–H groups in total. The molecule has 1 heterocycles. The Morgan fingerprint density at radius 1 is 0.857 bits per heavy atom. The third kappa shape index (κ3) is 4.71. The van der Waals surface area contributed by atoms with Gasteiger partial charge in [-0.15, -0.1) is 0 Å². The highest BCUT2D eigenvalue weighted by atomic mass is 16.5. The van der Waals surface area contributed by atoms with Crippen LogP contribution in [0.5, 0.6) is 17.2 Å². The minimum absolute atomic E-state index is 0.00405. The first-order valence-electron chi connectivity index (χ1n) is 11.4. The summed E-state index contributed by atoms with van der Waals surface area (Å²) in [6.07, 6.45) is 0. The zero-order chi connectivity index (χ0) is 24.9. The molecule has 1 unspecified atom stereocenters. The SMILES string of the molecule is CCOc1cccc(C2/C(=C(\O)c3ccc(OC)cc3)C(=O)C(=O)N2c2cccc(OCC)c2)c1. The molecular weight excluding hydrogens is 446 g/mol. The number of hydrogen-bond acceptors (Lipinski definition) is 6. The largest absolute Gasteiger partial charge is 0.507 e. The first-order valence-corrected chi connectivity index (χ1v) is 11.4. The number of Topliss-reactive ketones (excluding diaryl/α,β-unsaturated/α-hetero) is 1. The molecule has 1 saturated heterocycles. The first-order chi connectivity index (χ1) is 17.0. The average molecular weight is 474 g/mol. The summed E-state index contributed by atoms with van der Waals surface area (Å²) in [7, 11) is 1.54. The summed E-state index contributed by atoms with van der Waals surface area (Å²) in [6, 6.07) is 20.0. The van der Waals surface area contributed by atoms with Crippen LogP contribution in [0.4, 0.5) is 5.69 Å². The first kappa shape index (κ1) is 23.9. The normalized spacial score (nSPS) is 16.9. The number of amides is 1. The van der Waals surface area contributed by atoms with Crippen LogP contribution >= 0.6 is 0 Å². The highest BCUT2D eigenvalue weighted by molar-refractivity contribution is 6.51. The molecular formula is C28H27NO6. The van der Waals surface area contributed by atoms with E-state index in [1.54, 1.807) is 79.9 Å². The second-order valence-electron chi connectivity index (χ2n) is 7.83. The molecule has 1 amide bonds. The number of nitrogens with zero attached hydrogens (tertiary/aromatic N) is 1. The van der Waals surface area contributed by atoms with Crippen LogP contribution in [-0.4, -0.2) is 37.1 Å². The van der Waals surface area contributed by atoms with Gasteiger partial charge in [0.15, 0.2) is 0 Å². The van der Waals surface area contributed by atoms with E-state index in [0.29, 0.717) is 47.3 Å². The van der Waals surface area contributed by atoms with Gasteiger partial charge in [-0.05, 0) is 67.9 Å². The van der Waals surface area contributed by atoms with E-state index >= 15 is 0 Å². The molecule has 7 nitrogen and oxygen atoms in total. The number of aliphatic hydroxyl groups is 1. The number of carbonyl (C=O) groups excluding carboxylic acids is 2. The molecule has 0 spiro atoms. The van der Waals surface area contributed by atoms with Crippen molar-refractivity contribution in [1.29, 1.82) is 0 Å². The Bertz CT molecular complexity index is 1260. The van der Waals surface area contributed by atoms with Crippen LogP contribution in [0.2, 0.25) is 0 Å². The zero-order valence-electron chi connectivity index (χ0n) is 19.9. The number of methoxy groups -OCH3 is 1. The predicted octanol–water partition coefficient (Wildman–Crippen LogP) is 5.12. The smallest absolute Gasteiger partial charge is 0.300 e. The van der Waals surface area contributed by atoms with Crippen molar-refractivity contribution in [2.24, 2.45) is 0 Å². The van der Waals surface area contributed by atoms with Gasteiger partial charge >= 0.3 is 0 Å². The maximum atomic E-state index is 13.4. The number of ether oxygens (including phenoxy) is 3. The van der Waals surface area contributed by atoms with E-state index in [1.165, 1.54) is 4.90 Å². The van der Waals surface area contributed by atoms with Crippen molar-refractivity contribution in [1.82, 2.24) is 0 Å². The Balaban J connectivity index is 1.91. The van der Waals surface area contributed by atoms with E-state index in [-0.39, 0.29) is 11.3 Å². The summed E-state index contributed by atoms with van der Waals surface area (Å²) < 4.78 is 16.5. The number of rotatable bonds is 8. The molecule has 0 saturated carbocycles. The van der Waals surface area contributed by atoms with Gasteiger partial charge in [0.05, 0.1) is 31.9 Å². The van der Waals surface area contributed by atoms with E-state index in [4.69, 9.17) is 14.2 Å². The lowest BCUT2D eigenvalue weighted by molar-refractivity contribution is -0.132. The van der Waals surface area contributed by atoms with Crippen LogP contribution in [0.3, 0.4) is 0 Å². The van der Waals surface area contributed by atoms with Gasteiger partial charge in [0, 0.05) is 17.3 Å². The molecule has 1 fully saturated rings. The molecule has 3 aromatic rings. The topological polar surface area (TPSA) is 85.3 Å². The Labute approximate surface area is 204 Å². The zero-order valence-corrected chi connectivity index (χ0v) is 19.9. The maximum Gasteiger partial charge on any atom is 0.300 e. The lowest BCUT2D eigenvalue weighted by Gasteiger charge is -2.26. The third-order valence-corrected chi connectivity index (χ3v) is 5.70. The van der Waals surface area contributed by atoms with Gasteiger partial charge in [-0.3, -0.25) is 14.5 Å². The van der Waals surface area contributed by atoms with E-state index in [9.17, 15) is 14.7 Å². The number of anilines is 1. The van der Waals surface area contributed by atoms with E-state index in [0.717, 1.165) is 0 Å². The minimum atomic E-state index is -0.866. The van der Waals surface area contributed by atoms with Gasteiger partial charge in [0.1, 0.15) is 23.0 Å². The number of carbonyl (C=O) groups is 2. The molecule has 0 aliphatic carbocycles. The van der Waals surface area contributed by atoms with Crippen molar-refractivity contribution < 1.29 is 28.9 Å². The van der Waals surface area contributed by atoms with Gasteiger partial charge in [-0.25, -0.2) is 0 Å². The Kier molecular flexibility index (Phi) is 7.06. The lowest BCUT2D eigenvalue weighted by Crippen LogP contribution is -2.29. The average Bonchev–Trinajstić information content (AvgIpc) is 3.15. The third-order valence-electron chi connectivity index (χ3n) is 5.70. The monoisotopic (exact) mass is 473 g/mol. The Morgan fingerprint density at radius 3 is 2.11 bits per heavy atom. The maximum absolute atomic E-state index is 13.4. The number of aliphatic hydroxyl groups excluding tert-OH is 1. The second kappa shape index (κ2) is 10.3. The van der Waals surface area contributed by atoms with Gasteiger partial charge in [0.2, 0.25) is 0 Å². The molecule has 1 aliphatic rings. The molecule has 35 heavy (non-hydrogen) atoms. The van der Waals surface area contributed by atoms with Gasteiger partial charge in [0.25, 0.3) is 11.7 Å². The van der Waals surface area contributed by atoms with Crippen molar-refractivity contribution in [3.63, 3.8) is 0 Å². The standard InChI is InChI=1S/C28H27NO6/c1-4-34-22-10-6-8-19(16-22)25-24(26(30)18-12-14-21(33-3)15-13-18)27(31)28(32)29(25)20-9-7-11-23(17-20)35-5-2/h6-17,25,30H,4-5H2,1-3H3/b26-24+. The molecule has 1 aliphatic heterocycles. The van der Waals surface area contributed by atoms with E-state index < -0.39 is 17.7 Å². The van der Waals surface area contributed by atoms with Crippen LogP contribution in [0, 0.1) is 0 Å². The summed E-state index contributed by atoms with van der Waals surface area (Å²) in [4.78, 5) is 28.1. The second-order valence-corrected chi connectivity index (χ2v) is 7.83. The molecule has 0 bridgehead atoms. The summed E-state index contributed by atoms with van der Waals surface area (Å²) in [5.74, 6) is 0.0106. The van der Waals surface area contributed by atoms with Crippen molar-refractivity contribution in [3.8, 4) is 17.2 Å². The molecule has 4 rings (SSSR count). The van der Waals surface area contributed by atoms with Gasteiger partial charge in [-0.1, -0.05) is 18.2 Å². The summed E-state index contributed by atoms with van der Waals surface area (Å²) in [6.45, 7) is 4.67. The molecule has 180 valence electrons. The highest BCUT2D eigenvalue weighted by Gasteiger charge is 2.47. The van der Waals surface area contributed by atoms with Gasteiger partial charge in [-0.2, -0.15) is 0 Å². The fraction of sp³-hybridized carbons (Fsp3) is 0.214. The molecule has 0 radical (unpaired) electrons. The fourth-order valence-corrected chi connectivity index (χ4v) is 4.15. The van der Waals surface area contributed by atoms with Crippen molar-refractivity contribution in [2.45, 2.75) is 19.9 Å². The van der Waals surface area contributed by atoms with Gasteiger partial charge < -0.3 is 19.3 Å². The number of ketones is 1. The lowest BCUT2D eigenvalue weighted by atomic mass is 9.95. The van der Waals surface area contributed by atoms with Crippen molar-refractivity contribution >= 4 is 23.1 Å². The number of hydrogen-bond donors (Lipinski definition) is 1. The molecule has 7 heteroatoms. The molecule has 1 atom stereocenters. The van der Waals surface area contributed by atoms with E-state index in [1.807, 2.05) is 13.8 Å². The Hall–Kier alpha value is -4.26. The molecule has 0 aromatic heterocycles. The van der Waals surface area contributed by atoms with E-state index in [2.05, 4.69) is 0 Å². The summed E-state index contributed by atoms with van der Waals surface area (Å²) in [5, 5.41) is 11.3.